The van der Waals surface area contributed by atoms with E-state index < -0.39 is 0 Å². The van der Waals surface area contributed by atoms with Crippen LogP contribution in [0.4, 0.5) is 10.5 Å². The van der Waals surface area contributed by atoms with Crippen molar-refractivity contribution in [2.24, 2.45) is 0 Å². The fourth-order valence-corrected chi connectivity index (χ4v) is 3.37. The van der Waals surface area contributed by atoms with Gasteiger partial charge >= 0.3 is 6.03 Å². The largest absolute Gasteiger partial charge is 0.379 e. The van der Waals surface area contributed by atoms with Crippen LogP contribution in [0.3, 0.4) is 0 Å². The highest BCUT2D eigenvalue weighted by atomic mass is 35.5. The molecule has 0 saturated carbocycles. The molecule has 2 saturated heterocycles. The number of rotatable bonds is 3. The van der Waals surface area contributed by atoms with E-state index in [4.69, 9.17) is 16.3 Å². The maximum Gasteiger partial charge on any atom is 0.322 e. The predicted molar refractivity (Wildman–Crippen MR) is 89.9 cm³/mol. The summed E-state index contributed by atoms with van der Waals surface area (Å²) in [6.45, 7) is 5.16. The number of ether oxygens (including phenoxy) is 1. The molecule has 3 heterocycles. The standard InChI is InChI=1S/C16H23ClN4O2/c17-15-14(5-3-6-18-15)19-16(22)21-7-2-1-4-13(21)12-20-8-10-23-11-9-20/h3,5-6,13H,1-2,4,7-12H2,(H,19,22)/t13-/m0/s1. The van der Waals surface area contributed by atoms with Crippen LogP contribution in [0.25, 0.3) is 0 Å². The minimum atomic E-state index is -0.0853. The second kappa shape index (κ2) is 7.95. The number of morpholine rings is 1. The Labute approximate surface area is 141 Å². The normalized spacial score (nSPS) is 22.8. The number of likely N-dealkylation sites (tertiary alicyclic amines) is 1. The summed E-state index contributed by atoms with van der Waals surface area (Å²) < 4.78 is 5.40. The number of carbonyl (C=O) groups excluding carboxylic acids is 1. The molecule has 2 amide bonds. The highest BCUT2D eigenvalue weighted by molar-refractivity contribution is 6.32. The molecule has 6 nitrogen and oxygen atoms in total. The maximum atomic E-state index is 12.7. The van der Waals surface area contributed by atoms with Gasteiger partial charge in [0.15, 0.2) is 5.15 Å². The van der Waals surface area contributed by atoms with Gasteiger partial charge in [-0.15, -0.1) is 0 Å². The summed E-state index contributed by atoms with van der Waals surface area (Å²) in [7, 11) is 0. The number of hydrogen-bond acceptors (Lipinski definition) is 4. The first-order valence-electron chi connectivity index (χ1n) is 8.22. The molecule has 2 fully saturated rings. The van der Waals surface area contributed by atoms with Crippen LogP contribution >= 0.6 is 11.6 Å². The van der Waals surface area contributed by atoms with Gasteiger partial charge in [-0.25, -0.2) is 9.78 Å². The third kappa shape index (κ3) is 4.34. The van der Waals surface area contributed by atoms with E-state index in [0.717, 1.165) is 52.2 Å². The lowest BCUT2D eigenvalue weighted by Gasteiger charge is -2.39. The van der Waals surface area contributed by atoms with Gasteiger partial charge in [0.25, 0.3) is 0 Å². The Morgan fingerprint density at radius 3 is 2.96 bits per heavy atom. The molecule has 0 aliphatic carbocycles. The lowest BCUT2D eigenvalue weighted by atomic mass is 10.0. The Kier molecular flexibility index (Phi) is 5.70. The number of nitrogens with zero attached hydrogens (tertiary/aromatic N) is 3. The molecule has 0 aromatic carbocycles. The average molecular weight is 339 g/mol. The lowest BCUT2D eigenvalue weighted by molar-refractivity contribution is 0.0229. The zero-order valence-corrected chi connectivity index (χ0v) is 14.0. The third-order valence-corrected chi connectivity index (χ3v) is 4.76. The van der Waals surface area contributed by atoms with Gasteiger partial charge in [0.05, 0.1) is 18.9 Å². The Balaban J connectivity index is 1.63. The molecule has 7 heteroatoms. The molecule has 126 valence electrons. The fourth-order valence-electron chi connectivity index (χ4n) is 3.21. The lowest BCUT2D eigenvalue weighted by Crippen LogP contribution is -2.52. The first-order valence-corrected chi connectivity index (χ1v) is 8.60. The van der Waals surface area contributed by atoms with E-state index in [0.29, 0.717) is 10.8 Å². The topological polar surface area (TPSA) is 57.7 Å². The molecular formula is C16H23ClN4O2. The van der Waals surface area contributed by atoms with Crippen LogP contribution in [0, 0.1) is 0 Å². The Bertz CT molecular complexity index is 537. The van der Waals surface area contributed by atoms with Crippen LogP contribution in [-0.4, -0.2) is 66.2 Å². The average Bonchev–Trinajstić information content (AvgIpc) is 2.58. The number of aromatic nitrogens is 1. The summed E-state index contributed by atoms with van der Waals surface area (Å²) in [5, 5.41) is 3.22. The first-order chi connectivity index (χ1) is 11.2. The molecule has 2 aliphatic heterocycles. The van der Waals surface area contributed by atoms with Gasteiger partial charge in [-0.05, 0) is 31.4 Å². The first kappa shape index (κ1) is 16.5. The minimum absolute atomic E-state index is 0.0853. The molecule has 3 rings (SSSR count). The Morgan fingerprint density at radius 2 is 2.17 bits per heavy atom. The van der Waals surface area contributed by atoms with E-state index >= 15 is 0 Å². The van der Waals surface area contributed by atoms with Crippen LogP contribution in [0.15, 0.2) is 18.3 Å². The van der Waals surface area contributed by atoms with E-state index in [-0.39, 0.29) is 12.1 Å². The van der Waals surface area contributed by atoms with Crippen LogP contribution in [0.2, 0.25) is 5.15 Å². The van der Waals surface area contributed by atoms with E-state index in [1.807, 2.05) is 4.90 Å². The van der Waals surface area contributed by atoms with Crippen LogP contribution in [0.5, 0.6) is 0 Å². The van der Waals surface area contributed by atoms with Gasteiger partial charge < -0.3 is 15.0 Å². The quantitative estimate of drug-likeness (QED) is 0.860. The van der Waals surface area contributed by atoms with Gasteiger partial charge in [-0.1, -0.05) is 11.6 Å². The summed E-state index contributed by atoms with van der Waals surface area (Å²) in [6, 6.07) is 3.70. The van der Waals surface area contributed by atoms with E-state index in [1.54, 1.807) is 18.3 Å². The van der Waals surface area contributed by atoms with Crippen molar-refractivity contribution in [1.29, 1.82) is 0 Å². The SMILES string of the molecule is O=C(Nc1cccnc1Cl)N1CCCC[C@H]1CN1CCOCC1. The second-order valence-corrected chi connectivity index (χ2v) is 6.39. The Hall–Kier alpha value is -1.37. The molecule has 1 N–H and O–H groups in total. The van der Waals surface area contributed by atoms with Gasteiger partial charge in [0.2, 0.25) is 0 Å². The Morgan fingerprint density at radius 1 is 1.35 bits per heavy atom. The third-order valence-electron chi connectivity index (χ3n) is 4.46. The van der Waals surface area contributed by atoms with E-state index in [2.05, 4.69) is 15.2 Å². The summed E-state index contributed by atoms with van der Waals surface area (Å²) in [5.74, 6) is 0. The molecule has 0 bridgehead atoms. The number of nitrogens with one attached hydrogen (secondary N) is 1. The number of halogens is 1. The van der Waals surface area contributed by atoms with Crippen molar-refractivity contribution in [3.8, 4) is 0 Å². The molecule has 0 unspecified atom stereocenters. The molecular weight excluding hydrogens is 316 g/mol. The monoisotopic (exact) mass is 338 g/mol. The zero-order chi connectivity index (χ0) is 16.1. The van der Waals surface area contributed by atoms with E-state index in [9.17, 15) is 4.79 Å². The summed E-state index contributed by atoms with van der Waals surface area (Å²) in [6.07, 6.45) is 4.88. The van der Waals surface area contributed by atoms with Crippen LogP contribution in [0.1, 0.15) is 19.3 Å². The van der Waals surface area contributed by atoms with Crippen molar-refractivity contribution >= 4 is 23.3 Å². The number of pyridine rings is 1. The smallest absolute Gasteiger partial charge is 0.322 e. The maximum absolute atomic E-state index is 12.7. The van der Waals surface area contributed by atoms with Gasteiger partial charge in [0.1, 0.15) is 0 Å². The second-order valence-electron chi connectivity index (χ2n) is 6.03. The number of hydrogen-bond donors (Lipinski definition) is 1. The molecule has 0 radical (unpaired) electrons. The number of amides is 2. The number of piperidine rings is 1. The molecule has 2 aliphatic rings. The number of carbonyl (C=O) groups is 1. The van der Waals surface area contributed by atoms with Gasteiger partial charge in [0, 0.05) is 38.4 Å². The van der Waals surface area contributed by atoms with Gasteiger partial charge in [-0.3, -0.25) is 4.90 Å². The summed E-state index contributed by atoms with van der Waals surface area (Å²) in [5.41, 5.74) is 0.565. The van der Waals surface area contributed by atoms with Crippen LogP contribution in [-0.2, 0) is 4.74 Å². The van der Waals surface area contributed by atoms with Crippen molar-refractivity contribution in [2.75, 3.05) is 44.7 Å². The predicted octanol–water partition coefficient (Wildman–Crippen LogP) is 2.45. The zero-order valence-electron chi connectivity index (χ0n) is 13.2. The fraction of sp³-hybridized carbons (Fsp3) is 0.625. The van der Waals surface area contributed by atoms with Crippen LogP contribution < -0.4 is 5.32 Å². The summed E-state index contributed by atoms with van der Waals surface area (Å²) >= 11 is 6.03. The van der Waals surface area contributed by atoms with Crippen molar-refractivity contribution < 1.29 is 9.53 Å². The number of anilines is 1. The molecule has 1 atom stereocenters. The summed E-state index contributed by atoms with van der Waals surface area (Å²) in [4.78, 5) is 21.0. The van der Waals surface area contributed by atoms with E-state index in [1.165, 1.54) is 6.42 Å². The van der Waals surface area contributed by atoms with Crippen molar-refractivity contribution in [1.82, 2.24) is 14.8 Å². The minimum Gasteiger partial charge on any atom is -0.379 e. The van der Waals surface area contributed by atoms with Crippen molar-refractivity contribution in [3.63, 3.8) is 0 Å². The number of urea groups is 1. The molecule has 23 heavy (non-hydrogen) atoms. The highest BCUT2D eigenvalue weighted by Gasteiger charge is 2.29. The molecule has 1 aromatic rings. The van der Waals surface area contributed by atoms with Crippen molar-refractivity contribution in [3.05, 3.63) is 23.5 Å². The molecule has 1 aromatic heterocycles. The highest BCUT2D eigenvalue weighted by Crippen LogP contribution is 2.22. The van der Waals surface area contributed by atoms with Crippen molar-refractivity contribution in [2.45, 2.75) is 25.3 Å². The van der Waals surface area contributed by atoms with Gasteiger partial charge in [-0.2, -0.15) is 0 Å². The molecule has 0 spiro atoms.